The number of imidazole rings is 1. The van der Waals surface area contributed by atoms with Gasteiger partial charge in [-0.25, -0.2) is 4.98 Å². The molecule has 3 rings (SSSR count). The molecular formula is C13H15N5. The van der Waals surface area contributed by atoms with Crippen LogP contribution in [0.5, 0.6) is 0 Å². The van der Waals surface area contributed by atoms with Gasteiger partial charge in [0.1, 0.15) is 0 Å². The van der Waals surface area contributed by atoms with E-state index in [1.54, 1.807) is 6.20 Å². The van der Waals surface area contributed by atoms with E-state index in [9.17, 15) is 0 Å². The Morgan fingerprint density at radius 2 is 2.11 bits per heavy atom. The van der Waals surface area contributed by atoms with Crippen molar-refractivity contribution in [2.45, 2.75) is 13.5 Å². The van der Waals surface area contributed by atoms with Crippen molar-refractivity contribution in [3.8, 4) is 0 Å². The van der Waals surface area contributed by atoms with Crippen LogP contribution in [0.15, 0.2) is 30.5 Å². The van der Waals surface area contributed by atoms with Gasteiger partial charge in [-0.2, -0.15) is 5.10 Å². The molecule has 0 aliphatic rings. The lowest BCUT2D eigenvalue weighted by molar-refractivity contribution is 0.678. The molecule has 0 aliphatic heterocycles. The average Bonchev–Trinajstić information content (AvgIpc) is 2.86. The summed E-state index contributed by atoms with van der Waals surface area (Å²) in [6, 6.07) is 8.05. The monoisotopic (exact) mass is 241 g/mol. The number of para-hydroxylation sites is 1. The first-order chi connectivity index (χ1) is 8.66. The number of benzene rings is 1. The molecular weight excluding hydrogens is 226 g/mol. The summed E-state index contributed by atoms with van der Waals surface area (Å²) in [4.78, 5) is 4.40. The maximum absolute atomic E-state index is 6.01. The molecule has 0 atom stereocenters. The van der Waals surface area contributed by atoms with Crippen LogP contribution in [-0.4, -0.2) is 19.3 Å². The normalized spacial score (nSPS) is 11.2. The van der Waals surface area contributed by atoms with Crippen molar-refractivity contribution in [1.82, 2.24) is 19.3 Å². The molecule has 2 N–H and O–H groups in total. The van der Waals surface area contributed by atoms with E-state index in [1.807, 2.05) is 34.5 Å². The van der Waals surface area contributed by atoms with Gasteiger partial charge in [0.2, 0.25) is 5.95 Å². The molecule has 92 valence electrons. The van der Waals surface area contributed by atoms with Crippen LogP contribution in [0.25, 0.3) is 11.0 Å². The van der Waals surface area contributed by atoms with E-state index in [2.05, 4.69) is 23.1 Å². The van der Waals surface area contributed by atoms with Crippen molar-refractivity contribution in [2.75, 3.05) is 5.73 Å². The highest BCUT2D eigenvalue weighted by Crippen LogP contribution is 2.22. The Morgan fingerprint density at radius 1 is 1.28 bits per heavy atom. The third-order valence-electron chi connectivity index (χ3n) is 3.24. The number of rotatable bonds is 2. The van der Waals surface area contributed by atoms with Gasteiger partial charge in [-0.05, 0) is 24.6 Å². The molecule has 0 saturated heterocycles. The first-order valence-corrected chi connectivity index (χ1v) is 5.85. The Morgan fingerprint density at radius 3 is 2.83 bits per heavy atom. The number of hydrogen-bond donors (Lipinski definition) is 1. The van der Waals surface area contributed by atoms with Crippen LogP contribution >= 0.6 is 0 Å². The van der Waals surface area contributed by atoms with Crippen LogP contribution in [0.2, 0.25) is 0 Å². The second-order valence-corrected chi connectivity index (χ2v) is 4.44. The van der Waals surface area contributed by atoms with Crippen LogP contribution < -0.4 is 5.73 Å². The lowest BCUT2D eigenvalue weighted by Gasteiger charge is -2.08. The summed E-state index contributed by atoms with van der Waals surface area (Å²) < 4.78 is 3.88. The fourth-order valence-electron chi connectivity index (χ4n) is 2.26. The summed E-state index contributed by atoms with van der Waals surface area (Å²) in [5.74, 6) is 0.542. The number of aryl methyl sites for hydroxylation is 2. The molecule has 0 aliphatic carbocycles. The van der Waals surface area contributed by atoms with Gasteiger partial charge in [-0.3, -0.25) is 4.68 Å². The number of hydrogen-bond acceptors (Lipinski definition) is 3. The minimum atomic E-state index is 0.542. The topological polar surface area (TPSA) is 61.7 Å². The molecule has 5 heteroatoms. The molecule has 0 spiro atoms. The van der Waals surface area contributed by atoms with E-state index in [-0.39, 0.29) is 0 Å². The van der Waals surface area contributed by atoms with E-state index in [1.165, 1.54) is 5.56 Å². The molecule has 5 nitrogen and oxygen atoms in total. The van der Waals surface area contributed by atoms with Crippen LogP contribution in [0.1, 0.15) is 11.3 Å². The highest BCUT2D eigenvalue weighted by Gasteiger charge is 2.11. The molecule has 2 heterocycles. The van der Waals surface area contributed by atoms with Crippen LogP contribution in [-0.2, 0) is 13.6 Å². The van der Waals surface area contributed by atoms with Gasteiger partial charge in [0.25, 0.3) is 0 Å². The van der Waals surface area contributed by atoms with E-state index in [0.29, 0.717) is 12.5 Å². The molecule has 0 bridgehead atoms. The van der Waals surface area contributed by atoms with Gasteiger partial charge in [0, 0.05) is 13.2 Å². The zero-order valence-corrected chi connectivity index (χ0v) is 10.5. The Labute approximate surface area is 105 Å². The van der Waals surface area contributed by atoms with E-state index >= 15 is 0 Å². The van der Waals surface area contributed by atoms with Gasteiger partial charge in [-0.15, -0.1) is 0 Å². The molecule has 0 radical (unpaired) electrons. The van der Waals surface area contributed by atoms with Crippen molar-refractivity contribution in [2.24, 2.45) is 7.05 Å². The second-order valence-electron chi connectivity index (χ2n) is 4.44. The van der Waals surface area contributed by atoms with E-state index in [4.69, 9.17) is 5.73 Å². The molecule has 0 saturated carbocycles. The number of fused-ring (bicyclic) bond motifs is 1. The van der Waals surface area contributed by atoms with E-state index in [0.717, 1.165) is 16.7 Å². The second kappa shape index (κ2) is 3.87. The average molecular weight is 241 g/mol. The third-order valence-corrected chi connectivity index (χ3v) is 3.24. The van der Waals surface area contributed by atoms with Crippen LogP contribution in [0, 0.1) is 6.92 Å². The van der Waals surface area contributed by atoms with Crippen molar-refractivity contribution in [1.29, 1.82) is 0 Å². The van der Waals surface area contributed by atoms with E-state index < -0.39 is 0 Å². The Bertz CT molecular complexity index is 707. The highest BCUT2D eigenvalue weighted by atomic mass is 15.3. The quantitative estimate of drug-likeness (QED) is 0.743. The zero-order valence-electron chi connectivity index (χ0n) is 10.5. The number of nitrogens with zero attached hydrogens (tertiary/aromatic N) is 4. The molecule has 2 aromatic heterocycles. The zero-order chi connectivity index (χ0) is 12.7. The van der Waals surface area contributed by atoms with Crippen molar-refractivity contribution in [3.63, 3.8) is 0 Å². The molecule has 3 aromatic rings. The minimum Gasteiger partial charge on any atom is -0.369 e. The van der Waals surface area contributed by atoms with Crippen LogP contribution in [0.3, 0.4) is 0 Å². The fourth-order valence-corrected chi connectivity index (χ4v) is 2.26. The third kappa shape index (κ3) is 1.55. The van der Waals surface area contributed by atoms with Crippen molar-refractivity contribution in [3.05, 3.63) is 41.7 Å². The van der Waals surface area contributed by atoms with Gasteiger partial charge in [-0.1, -0.05) is 12.1 Å². The summed E-state index contributed by atoms with van der Waals surface area (Å²) in [5, 5.41) is 4.17. The first-order valence-electron chi connectivity index (χ1n) is 5.85. The largest absolute Gasteiger partial charge is 0.369 e. The maximum atomic E-state index is 6.01. The number of nitrogens with two attached hydrogens (primary N) is 1. The summed E-state index contributed by atoms with van der Waals surface area (Å²) in [7, 11) is 1.93. The lowest BCUT2D eigenvalue weighted by atomic mass is 10.2. The summed E-state index contributed by atoms with van der Waals surface area (Å²) in [5.41, 5.74) is 10.3. The predicted molar refractivity (Wildman–Crippen MR) is 71.2 cm³/mol. The van der Waals surface area contributed by atoms with Crippen LogP contribution in [0.4, 0.5) is 5.95 Å². The Kier molecular flexibility index (Phi) is 2.33. The number of nitrogen functional groups attached to an aromatic ring is 1. The lowest BCUT2D eigenvalue weighted by Crippen LogP contribution is -2.08. The SMILES string of the molecule is Cc1cccc2nc(N)n(Cc3ccnn3C)c12. The first kappa shape index (κ1) is 10.8. The van der Waals surface area contributed by atoms with Gasteiger partial charge in [0.15, 0.2) is 0 Å². The minimum absolute atomic E-state index is 0.542. The smallest absolute Gasteiger partial charge is 0.201 e. The standard InChI is InChI=1S/C13H15N5/c1-9-4-3-5-11-12(9)18(13(14)16-11)8-10-6-7-15-17(10)2/h3-7H,8H2,1-2H3,(H2,14,16). The molecule has 1 aromatic carbocycles. The molecule has 0 fully saturated rings. The Hall–Kier alpha value is -2.30. The van der Waals surface area contributed by atoms with Crippen molar-refractivity contribution >= 4 is 17.0 Å². The number of aromatic nitrogens is 4. The molecule has 18 heavy (non-hydrogen) atoms. The maximum Gasteiger partial charge on any atom is 0.201 e. The fraction of sp³-hybridized carbons (Fsp3) is 0.231. The Balaban J connectivity index is 2.17. The summed E-state index contributed by atoms with van der Waals surface area (Å²) in [6.07, 6.45) is 1.79. The van der Waals surface area contributed by atoms with Gasteiger partial charge >= 0.3 is 0 Å². The van der Waals surface area contributed by atoms with Gasteiger partial charge < -0.3 is 10.3 Å². The summed E-state index contributed by atoms with van der Waals surface area (Å²) >= 11 is 0. The van der Waals surface area contributed by atoms with Gasteiger partial charge in [0.05, 0.1) is 23.3 Å². The van der Waals surface area contributed by atoms with Crippen molar-refractivity contribution < 1.29 is 0 Å². The molecule has 0 unspecified atom stereocenters. The molecule has 0 amide bonds. The highest BCUT2D eigenvalue weighted by molar-refractivity contribution is 5.81. The number of anilines is 1. The predicted octanol–water partition coefficient (Wildman–Crippen LogP) is 1.71. The summed E-state index contributed by atoms with van der Waals surface area (Å²) in [6.45, 7) is 2.76.